The Labute approximate surface area is 244 Å². The first kappa shape index (κ1) is 39.0. The lowest BCUT2D eigenvalue weighted by Gasteiger charge is -2.19. The van der Waals surface area contributed by atoms with E-state index in [1.807, 2.05) is 0 Å². The van der Waals surface area contributed by atoms with Gasteiger partial charge in [-0.2, -0.15) is 0 Å². The molecular weight excluding hydrogens is 533 g/mol. The highest BCUT2D eigenvalue weighted by Crippen LogP contribution is 2.43. The zero-order valence-corrected chi connectivity index (χ0v) is 26.5. The van der Waals surface area contributed by atoms with E-state index in [0.29, 0.717) is 6.42 Å². The van der Waals surface area contributed by atoms with Crippen molar-refractivity contribution in [3.8, 4) is 0 Å². The predicted octanol–water partition coefficient (Wildman–Crippen LogP) is 7.77. The summed E-state index contributed by atoms with van der Waals surface area (Å²) in [5.74, 6) is -0.832. The molecule has 0 aliphatic rings. The van der Waals surface area contributed by atoms with Crippen molar-refractivity contribution in [3.05, 3.63) is 0 Å². The fraction of sp³-hybridized carbons (Fsp3) is 0.933. The average Bonchev–Trinajstić information content (AvgIpc) is 2.93. The first-order chi connectivity index (χ1) is 19.3. The Hall–Kier alpha value is -0.990. The van der Waals surface area contributed by atoms with Gasteiger partial charge >= 0.3 is 19.8 Å². The first-order valence-corrected chi connectivity index (χ1v) is 17.5. The lowest BCUT2D eigenvalue weighted by Crippen LogP contribution is -2.29. The van der Waals surface area contributed by atoms with Crippen LogP contribution >= 0.6 is 7.82 Å². The van der Waals surface area contributed by atoms with Gasteiger partial charge in [-0.15, -0.1) is 0 Å². The van der Waals surface area contributed by atoms with Crippen LogP contribution in [0.4, 0.5) is 0 Å². The van der Waals surface area contributed by atoms with E-state index in [1.165, 1.54) is 83.5 Å². The Morgan fingerprint density at radius 3 is 1.52 bits per heavy atom. The molecule has 0 aromatic heterocycles. The van der Waals surface area contributed by atoms with Crippen LogP contribution in [0.15, 0.2) is 0 Å². The normalized spacial score (nSPS) is 13.6. The van der Waals surface area contributed by atoms with Crippen molar-refractivity contribution in [1.29, 1.82) is 0 Å². The third-order valence-corrected chi connectivity index (χ3v) is 7.73. The second-order valence-electron chi connectivity index (χ2n) is 10.7. The Kier molecular flexibility index (Phi) is 27.4. The van der Waals surface area contributed by atoms with Gasteiger partial charge in [0.1, 0.15) is 6.61 Å². The third-order valence-electron chi connectivity index (χ3n) is 6.74. The van der Waals surface area contributed by atoms with Crippen LogP contribution in [0.5, 0.6) is 0 Å². The van der Waals surface area contributed by atoms with E-state index >= 15 is 0 Å². The van der Waals surface area contributed by atoms with E-state index in [-0.39, 0.29) is 38.6 Å². The molecule has 0 amide bonds. The van der Waals surface area contributed by atoms with E-state index in [0.717, 1.165) is 32.1 Å². The maximum absolute atomic E-state index is 12.4. The number of hydrogen-bond donors (Lipinski definition) is 2. The molecule has 1 unspecified atom stereocenters. The zero-order valence-electron chi connectivity index (χ0n) is 25.6. The minimum absolute atomic E-state index is 0.0571. The van der Waals surface area contributed by atoms with Crippen molar-refractivity contribution in [1.82, 2.24) is 0 Å². The summed E-state index contributed by atoms with van der Waals surface area (Å²) in [4.78, 5) is 34.3. The Morgan fingerprint density at radius 2 is 1.07 bits per heavy atom. The van der Waals surface area contributed by atoms with Gasteiger partial charge in [0.15, 0.2) is 6.10 Å². The van der Waals surface area contributed by atoms with Gasteiger partial charge in [-0.3, -0.25) is 18.6 Å². The molecule has 0 aromatic rings. The van der Waals surface area contributed by atoms with Crippen molar-refractivity contribution in [3.63, 3.8) is 0 Å². The number of hydrogen-bond acceptors (Lipinski definition) is 8. The smallest absolute Gasteiger partial charge is 0.462 e. The molecule has 10 heteroatoms. The quantitative estimate of drug-likeness (QED) is 0.0486. The molecule has 0 spiro atoms. The highest BCUT2D eigenvalue weighted by molar-refractivity contribution is 7.47. The maximum atomic E-state index is 12.4. The molecule has 0 radical (unpaired) electrons. The number of nitrogens with two attached hydrogens (primary N) is 1. The molecule has 0 heterocycles. The zero-order chi connectivity index (χ0) is 29.7. The number of phosphoric acid groups is 1. The van der Waals surface area contributed by atoms with Crippen LogP contribution < -0.4 is 5.73 Å². The van der Waals surface area contributed by atoms with Crippen molar-refractivity contribution < 1.29 is 37.6 Å². The number of ether oxygens (including phenoxy) is 2. The highest BCUT2D eigenvalue weighted by Gasteiger charge is 2.25. The van der Waals surface area contributed by atoms with Crippen LogP contribution in [-0.2, 0) is 32.7 Å². The molecule has 2 atom stereocenters. The highest BCUT2D eigenvalue weighted by atomic mass is 31.2. The minimum atomic E-state index is -4.35. The minimum Gasteiger partial charge on any atom is -0.462 e. The monoisotopic (exact) mass is 593 g/mol. The molecule has 0 bridgehead atoms. The molecule has 40 heavy (non-hydrogen) atoms. The van der Waals surface area contributed by atoms with E-state index in [1.54, 1.807) is 0 Å². The van der Waals surface area contributed by atoms with Gasteiger partial charge in [-0.25, -0.2) is 4.57 Å². The SMILES string of the molecule is CCCCCCCCCCCCCCC(=O)O[C@H](COC(=O)CCCCCCCCC)COP(=O)(O)OCCN. The number of esters is 2. The van der Waals surface area contributed by atoms with E-state index in [4.69, 9.17) is 24.3 Å². The average molecular weight is 594 g/mol. The molecule has 3 N–H and O–H groups in total. The van der Waals surface area contributed by atoms with Crippen molar-refractivity contribution in [2.45, 2.75) is 155 Å². The molecule has 238 valence electrons. The summed E-state index contributed by atoms with van der Waals surface area (Å²) >= 11 is 0. The Bertz CT molecular complexity index is 649. The van der Waals surface area contributed by atoms with Crippen LogP contribution in [0, 0.1) is 0 Å². The Balaban J connectivity index is 4.28. The molecule has 0 aromatic carbocycles. The molecule has 0 aliphatic heterocycles. The van der Waals surface area contributed by atoms with Crippen molar-refractivity contribution >= 4 is 19.8 Å². The van der Waals surface area contributed by atoms with Crippen LogP contribution in [0.1, 0.15) is 149 Å². The summed E-state index contributed by atoms with van der Waals surface area (Å²) in [7, 11) is -4.35. The molecule has 0 fully saturated rings. The second kappa shape index (κ2) is 28.1. The van der Waals surface area contributed by atoms with E-state index in [9.17, 15) is 19.0 Å². The van der Waals surface area contributed by atoms with E-state index in [2.05, 4.69) is 13.8 Å². The van der Waals surface area contributed by atoms with Gasteiger partial charge in [0.2, 0.25) is 0 Å². The summed E-state index contributed by atoms with van der Waals surface area (Å²) in [6, 6.07) is 0. The number of unbranched alkanes of at least 4 members (excludes halogenated alkanes) is 17. The number of carbonyl (C=O) groups excluding carboxylic acids is 2. The van der Waals surface area contributed by atoms with E-state index < -0.39 is 26.5 Å². The number of phosphoric ester groups is 1. The molecule has 0 aliphatic carbocycles. The van der Waals surface area contributed by atoms with Crippen LogP contribution in [0.2, 0.25) is 0 Å². The fourth-order valence-corrected chi connectivity index (χ4v) is 5.10. The van der Waals surface area contributed by atoms with Crippen LogP contribution in [0.25, 0.3) is 0 Å². The number of carbonyl (C=O) groups is 2. The lowest BCUT2D eigenvalue weighted by atomic mass is 10.0. The maximum Gasteiger partial charge on any atom is 0.472 e. The summed E-state index contributed by atoms with van der Waals surface area (Å²) in [5.41, 5.74) is 5.30. The van der Waals surface area contributed by atoms with Gasteiger partial charge in [0.05, 0.1) is 13.2 Å². The molecule has 0 saturated heterocycles. The molecule has 0 rings (SSSR count). The summed E-state index contributed by atoms with van der Waals surface area (Å²) in [6.07, 6.45) is 21.5. The van der Waals surface area contributed by atoms with Crippen molar-refractivity contribution in [2.24, 2.45) is 5.73 Å². The molecule has 0 saturated carbocycles. The number of rotatable bonds is 30. The summed E-state index contributed by atoms with van der Waals surface area (Å²) < 4.78 is 32.4. The summed E-state index contributed by atoms with van der Waals surface area (Å²) in [5, 5.41) is 0. The van der Waals surface area contributed by atoms with Gasteiger partial charge in [-0.1, -0.05) is 123 Å². The van der Waals surface area contributed by atoms with Gasteiger partial charge in [0.25, 0.3) is 0 Å². The van der Waals surface area contributed by atoms with Crippen molar-refractivity contribution in [2.75, 3.05) is 26.4 Å². The largest absolute Gasteiger partial charge is 0.472 e. The van der Waals surface area contributed by atoms with Crippen LogP contribution in [-0.4, -0.2) is 49.3 Å². The van der Waals surface area contributed by atoms with Crippen LogP contribution in [0.3, 0.4) is 0 Å². The predicted molar refractivity (Wildman–Crippen MR) is 160 cm³/mol. The lowest BCUT2D eigenvalue weighted by molar-refractivity contribution is -0.161. The fourth-order valence-electron chi connectivity index (χ4n) is 4.34. The molecule has 9 nitrogen and oxygen atoms in total. The van der Waals surface area contributed by atoms with Gasteiger partial charge in [0, 0.05) is 19.4 Å². The topological polar surface area (TPSA) is 134 Å². The summed E-state index contributed by atoms with van der Waals surface area (Å²) in [6.45, 7) is 3.66. The first-order valence-electron chi connectivity index (χ1n) is 16.0. The standard InChI is InChI=1S/C30H60NO8P/c1-3-5-7-9-11-12-13-14-15-17-19-21-23-30(33)39-28(27-38-40(34,35)37-25-24-31)26-36-29(32)22-20-18-16-10-8-6-4-2/h28H,3-27,31H2,1-2H3,(H,34,35)/t28-/m1/s1. The Morgan fingerprint density at radius 1 is 0.650 bits per heavy atom. The molecular formula is C30H60NO8P. The van der Waals surface area contributed by atoms with Gasteiger partial charge < -0.3 is 20.1 Å². The third kappa shape index (κ3) is 27.2. The van der Waals surface area contributed by atoms with Gasteiger partial charge in [-0.05, 0) is 12.8 Å². The second-order valence-corrected chi connectivity index (χ2v) is 12.1.